The van der Waals surface area contributed by atoms with E-state index in [1.54, 1.807) is 24.3 Å². The Morgan fingerprint density at radius 1 is 1.03 bits per heavy atom. The van der Waals surface area contributed by atoms with Crippen molar-refractivity contribution in [2.75, 3.05) is 13.1 Å². The Kier molecular flexibility index (Phi) is 7.01. The quantitative estimate of drug-likeness (QED) is 0.476. The largest absolute Gasteiger partial charge is 0.416 e. The lowest BCUT2D eigenvalue weighted by molar-refractivity contribution is -0.138. The molecular formula is C27H28F4N4O3. The van der Waals surface area contributed by atoms with Crippen molar-refractivity contribution in [3.05, 3.63) is 103 Å². The number of alkyl halides is 3. The highest BCUT2D eigenvalue weighted by Gasteiger charge is 2.46. The Morgan fingerprint density at radius 2 is 1.74 bits per heavy atom. The van der Waals surface area contributed by atoms with E-state index < -0.39 is 52.4 Å². The van der Waals surface area contributed by atoms with Crippen molar-refractivity contribution in [2.45, 2.75) is 56.8 Å². The molecule has 38 heavy (non-hydrogen) atoms. The maximum Gasteiger partial charge on any atom is 0.416 e. The van der Waals surface area contributed by atoms with Gasteiger partial charge in [-0.2, -0.15) is 13.2 Å². The molecule has 11 heteroatoms. The van der Waals surface area contributed by atoms with E-state index in [0.717, 1.165) is 28.3 Å². The van der Waals surface area contributed by atoms with Gasteiger partial charge in [-0.05, 0) is 50.0 Å². The van der Waals surface area contributed by atoms with Crippen molar-refractivity contribution in [1.29, 1.82) is 0 Å². The van der Waals surface area contributed by atoms with Crippen LogP contribution < -0.4 is 22.3 Å². The molecule has 3 aromatic rings. The topological polar surface area (TPSA) is 91.3 Å². The van der Waals surface area contributed by atoms with Crippen LogP contribution in [0, 0.1) is 5.82 Å². The van der Waals surface area contributed by atoms with Gasteiger partial charge in [-0.15, -0.1) is 0 Å². The standard InChI is InChI=1S/C27H28F4N4O3/c28-20-8-4-7-19(27(29,30)31)18(20)9-14-34-22-16-38-26(10-12-33-13-11-26)23(22)24(36)35(25(34)37)15-21(32)17-5-2-1-3-6-17/h1-8,21,33H,9-16,32H2/t21-/m0/s1. The maximum absolute atomic E-state index is 14.6. The van der Waals surface area contributed by atoms with E-state index >= 15 is 0 Å². The summed E-state index contributed by atoms with van der Waals surface area (Å²) in [4.78, 5) is 27.4. The molecule has 1 aromatic heterocycles. The molecule has 0 aliphatic carbocycles. The Morgan fingerprint density at radius 3 is 2.42 bits per heavy atom. The maximum atomic E-state index is 14.6. The molecule has 3 N–H and O–H groups in total. The second-order valence-corrected chi connectivity index (χ2v) is 9.74. The van der Waals surface area contributed by atoms with E-state index in [1.807, 2.05) is 6.07 Å². The Bertz CT molecular complexity index is 1440. The molecule has 1 atom stereocenters. The first-order valence-corrected chi connectivity index (χ1v) is 12.5. The van der Waals surface area contributed by atoms with Gasteiger partial charge in [0.25, 0.3) is 5.56 Å². The predicted octanol–water partition coefficient (Wildman–Crippen LogP) is 3.22. The summed E-state index contributed by atoms with van der Waals surface area (Å²) < 4.78 is 63.8. The summed E-state index contributed by atoms with van der Waals surface area (Å²) in [6.07, 6.45) is -4.15. The van der Waals surface area contributed by atoms with Crippen molar-refractivity contribution in [3.63, 3.8) is 0 Å². The monoisotopic (exact) mass is 532 g/mol. The van der Waals surface area contributed by atoms with Crippen LogP contribution in [0.2, 0.25) is 0 Å². The van der Waals surface area contributed by atoms with Crippen molar-refractivity contribution in [3.8, 4) is 0 Å². The van der Waals surface area contributed by atoms with E-state index in [-0.39, 0.29) is 19.7 Å². The number of rotatable bonds is 6. The van der Waals surface area contributed by atoms with Crippen molar-refractivity contribution in [1.82, 2.24) is 14.5 Å². The summed E-state index contributed by atoms with van der Waals surface area (Å²) in [5.74, 6) is -1.00. The molecule has 7 nitrogen and oxygen atoms in total. The highest BCUT2D eigenvalue weighted by atomic mass is 19.4. The smallest absolute Gasteiger partial charge is 0.364 e. The van der Waals surface area contributed by atoms with Crippen molar-refractivity contribution < 1.29 is 22.3 Å². The number of hydrogen-bond acceptors (Lipinski definition) is 5. The number of nitrogens with zero attached hydrogens (tertiary/aromatic N) is 2. The van der Waals surface area contributed by atoms with Gasteiger partial charge in [0.2, 0.25) is 0 Å². The van der Waals surface area contributed by atoms with E-state index in [4.69, 9.17) is 10.5 Å². The first-order valence-electron chi connectivity index (χ1n) is 12.5. The molecule has 3 heterocycles. The molecule has 5 rings (SSSR count). The second-order valence-electron chi connectivity index (χ2n) is 9.74. The lowest BCUT2D eigenvalue weighted by Crippen LogP contribution is -2.49. The minimum atomic E-state index is -4.76. The Labute approximate surface area is 215 Å². The number of nitrogens with two attached hydrogens (primary N) is 1. The fraction of sp³-hybridized carbons (Fsp3) is 0.407. The number of ether oxygens (including phenoxy) is 1. The summed E-state index contributed by atoms with van der Waals surface area (Å²) in [5, 5.41) is 3.23. The van der Waals surface area contributed by atoms with Crippen LogP contribution in [0.25, 0.3) is 0 Å². The summed E-state index contributed by atoms with van der Waals surface area (Å²) in [6.45, 7) is 0.784. The molecule has 1 spiro atoms. The van der Waals surface area contributed by atoms with E-state index in [9.17, 15) is 27.2 Å². The fourth-order valence-electron chi connectivity index (χ4n) is 5.55. The highest BCUT2D eigenvalue weighted by molar-refractivity contribution is 5.33. The van der Waals surface area contributed by atoms with Gasteiger partial charge in [0.05, 0.1) is 30.0 Å². The van der Waals surface area contributed by atoms with Gasteiger partial charge in [0.1, 0.15) is 11.4 Å². The summed E-state index contributed by atoms with van der Waals surface area (Å²) in [6, 6.07) is 11.1. The zero-order valence-corrected chi connectivity index (χ0v) is 20.6. The van der Waals surface area contributed by atoms with Crippen LogP contribution in [0.15, 0.2) is 58.1 Å². The van der Waals surface area contributed by atoms with Gasteiger partial charge in [-0.25, -0.2) is 9.18 Å². The number of benzene rings is 2. The molecule has 0 bridgehead atoms. The average Bonchev–Trinajstić information content (AvgIpc) is 3.25. The molecule has 202 valence electrons. The third-order valence-electron chi connectivity index (χ3n) is 7.50. The SMILES string of the molecule is N[C@@H](Cn1c(=O)c2c(n(CCc3c(F)cccc3C(F)(F)F)c1=O)COC21CCNCC1)c1ccccc1. The number of halogens is 4. The molecule has 2 aliphatic rings. The Hall–Kier alpha value is -3.28. The summed E-state index contributed by atoms with van der Waals surface area (Å²) in [5.41, 5.74) is 4.01. The highest BCUT2D eigenvalue weighted by Crippen LogP contribution is 2.41. The van der Waals surface area contributed by atoms with Crippen LogP contribution in [0.5, 0.6) is 0 Å². The summed E-state index contributed by atoms with van der Waals surface area (Å²) >= 11 is 0. The molecule has 2 aliphatic heterocycles. The van der Waals surface area contributed by atoms with Crippen molar-refractivity contribution >= 4 is 0 Å². The van der Waals surface area contributed by atoms with E-state index in [2.05, 4.69) is 5.32 Å². The zero-order chi connectivity index (χ0) is 27.1. The van der Waals surface area contributed by atoms with Crippen LogP contribution in [0.1, 0.15) is 46.8 Å². The van der Waals surface area contributed by atoms with Crippen LogP contribution in [0.4, 0.5) is 17.6 Å². The number of fused-ring (bicyclic) bond motifs is 2. The third-order valence-corrected chi connectivity index (χ3v) is 7.50. The molecule has 0 saturated carbocycles. The molecule has 1 fully saturated rings. The van der Waals surface area contributed by atoms with Gasteiger partial charge >= 0.3 is 11.9 Å². The zero-order valence-electron chi connectivity index (χ0n) is 20.6. The normalized spacial score (nSPS) is 17.5. The van der Waals surface area contributed by atoms with Crippen molar-refractivity contribution in [2.24, 2.45) is 5.73 Å². The molecule has 0 amide bonds. The predicted molar refractivity (Wildman–Crippen MR) is 132 cm³/mol. The molecule has 2 aromatic carbocycles. The first kappa shape index (κ1) is 26.3. The number of hydrogen-bond donors (Lipinski definition) is 2. The fourth-order valence-corrected chi connectivity index (χ4v) is 5.55. The first-order chi connectivity index (χ1) is 18.1. The van der Waals surface area contributed by atoms with Crippen LogP contribution >= 0.6 is 0 Å². The average molecular weight is 533 g/mol. The lowest BCUT2D eigenvalue weighted by Gasteiger charge is -2.33. The second kappa shape index (κ2) is 10.1. The molecule has 1 saturated heterocycles. The van der Waals surface area contributed by atoms with Crippen LogP contribution in [-0.4, -0.2) is 22.2 Å². The third kappa shape index (κ3) is 4.70. The minimum absolute atomic E-state index is 0.0329. The molecular weight excluding hydrogens is 504 g/mol. The van der Waals surface area contributed by atoms with E-state index in [1.165, 1.54) is 4.57 Å². The Balaban J connectivity index is 1.60. The van der Waals surface area contributed by atoms with Crippen LogP contribution in [0.3, 0.4) is 0 Å². The minimum Gasteiger partial charge on any atom is -0.364 e. The van der Waals surface area contributed by atoms with Gasteiger partial charge < -0.3 is 15.8 Å². The van der Waals surface area contributed by atoms with Gasteiger partial charge in [0, 0.05) is 18.2 Å². The number of piperidine rings is 1. The van der Waals surface area contributed by atoms with E-state index in [0.29, 0.717) is 37.2 Å². The number of aromatic nitrogens is 2. The van der Waals surface area contributed by atoms with Crippen LogP contribution in [-0.2, 0) is 42.6 Å². The number of nitrogens with one attached hydrogen (secondary N) is 1. The molecule has 0 radical (unpaired) electrons. The van der Waals surface area contributed by atoms with Gasteiger partial charge in [-0.3, -0.25) is 13.9 Å². The van der Waals surface area contributed by atoms with Gasteiger partial charge in [0.15, 0.2) is 0 Å². The van der Waals surface area contributed by atoms with Gasteiger partial charge in [-0.1, -0.05) is 36.4 Å². The lowest BCUT2D eigenvalue weighted by atomic mass is 9.86. The summed E-state index contributed by atoms with van der Waals surface area (Å²) in [7, 11) is 0. The molecule has 0 unspecified atom stereocenters.